The van der Waals surface area contributed by atoms with Crippen LogP contribution >= 0.6 is 0 Å². The summed E-state index contributed by atoms with van der Waals surface area (Å²) in [6, 6.07) is 9.16. The molecule has 1 aliphatic rings. The molecule has 1 aromatic carbocycles. The zero-order chi connectivity index (χ0) is 22.2. The molecule has 4 heterocycles. The van der Waals surface area contributed by atoms with Gasteiger partial charge in [0.25, 0.3) is 0 Å². The molecule has 1 atom stereocenters. The molecule has 4 aromatic rings. The minimum Gasteiger partial charge on any atom is -0.493 e. The van der Waals surface area contributed by atoms with Crippen molar-refractivity contribution >= 4 is 17.4 Å². The van der Waals surface area contributed by atoms with Crippen LogP contribution in [0.15, 0.2) is 36.5 Å². The number of anilines is 1. The normalized spacial score (nSPS) is 15.2. The fraction of sp³-hybridized carbons (Fsp3) is 0.227. The van der Waals surface area contributed by atoms with Crippen molar-refractivity contribution in [3.8, 4) is 29.7 Å². The van der Waals surface area contributed by atoms with E-state index in [0.29, 0.717) is 34.6 Å². The van der Waals surface area contributed by atoms with Gasteiger partial charge in [-0.1, -0.05) is 12.0 Å². The molecule has 0 radical (unpaired) electrons. The first-order valence-corrected chi connectivity index (χ1v) is 9.90. The van der Waals surface area contributed by atoms with E-state index in [2.05, 4.69) is 31.6 Å². The van der Waals surface area contributed by atoms with E-state index in [1.165, 1.54) is 0 Å². The molecule has 32 heavy (non-hydrogen) atoms. The van der Waals surface area contributed by atoms with Crippen LogP contribution in [0, 0.1) is 19.3 Å². The van der Waals surface area contributed by atoms with E-state index in [9.17, 15) is 4.79 Å². The van der Waals surface area contributed by atoms with Gasteiger partial charge in [-0.3, -0.25) is 4.79 Å². The largest absolute Gasteiger partial charge is 0.493 e. The van der Waals surface area contributed by atoms with Crippen LogP contribution in [-0.4, -0.2) is 49.2 Å². The van der Waals surface area contributed by atoms with Gasteiger partial charge in [0.15, 0.2) is 28.8 Å². The van der Waals surface area contributed by atoms with Crippen molar-refractivity contribution in [3.05, 3.63) is 53.5 Å². The Kier molecular flexibility index (Phi) is 4.71. The number of terminal acetylenes is 1. The number of methoxy groups -OCH3 is 1. The number of carbonyl (C=O) groups is 1. The maximum atomic E-state index is 12.6. The van der Waals surface area contributed by atoms with E-state index < -0.39 is 0 Å². The van der Waals surface area contributed by atoms with Crippen LogP contribution in [0.3, 0.4) is 0 Å². The molecule has 10 heteroatoms. The molecule has 10 nitrogen and oxygen atoms in total. The summed E-state index contributed by atoms with van der Waals surface area (Å²) in [6.07, 6.45) is 7.31. The van der Waals surface area contributed by atoms with Crippen molar-refractivity contribution in [3.63, 3.8) is 0 Å². The number of benzene rings is 1. The first-order chi connectivity index (χ1) is 15.6. The number of fused-ring (bicyclic) bond motifs is 2. The van der Waals surface area contributed by atoms with E-state index in [4.69, 9.17) is 15.9 Å². The van der Waals surface area contributed by atoms with Crippen molar-refractivity contribution < 1.29 is 14.3 Å². The zero-order valence-corrected chi connectivity index (χ0v) is 17.4. The number of aryl methyl sites for hydroxylation is 1. The number of nitrogens with one attached hydrogen (secondary N) is 1. The fourth-order valence-corrected chi connectivity index (χ4v) is 3.83. The summed E-state index contributed by atoms with van der Waals surface area (Å²) >= 11 is 0. The van der Waals surface area contributed by atoms with Gasteiger partial charge in [-0.05, 0) is 36.8 Å². The standard InChI is InChI=1S/C22H19N7O3/c1-4-9-32-17-6-5-14(10-18(17)31-3)15-11-21(30)24-22-16(15)12-23-29(22)20-8-7-19-26-25-13(2)28(19)27-20/h1,5-8,10,12,15H,9,11H2,2-3H3,(H,24,30)/t15-/m0/s1. The van der Waals surface area contributed by atoms with Crippen LogP contribution in [0.5, 0.6) is 11.5 Å². The molecule has 3 aromatic heterocycles. The number of hydrogen-bond donors (Lipinski definition) is 1. The predicted octanol–water partition coefficient (Wildman–Crippen LogP) is 2.11. The molecule has 0 saturated heterocycles. The second-order valence-electron chi connectivity index (χ2n) is 7.28. The van der Waals surface area contributed by atoms with Gasteiger partial charge in [0, 0.05) is 17.9 Å². The molecular formula is C22H19N7O3. The zero-order valence-electron chi connectivity index (χ0n) is 17.4. The molecular weight excluding hydrogens is 410 g/mol. The molecule has 0 unspecified atom stereocenters. The van der Waals surface area contributed by atoms with Crippen LogP contribution in [0.1, 0.15) is 29.3 Å². The van der Waals surface area contributed by atoms with Gasteiger partial charge in [0.05, 0.1) is 13.3 Å². The molecule has 1 aliphatic heterocycles. The number of aromatic nitrogens is 6. The van der Waals surface area contributed by atoms with Crippen LogP contribution in [0.2, 0.25) is 0 Å². The number of ether oxygens (including phenoxy) is 2. The summed E-state index contributed by atoms with van der Waals surface area (Å²) < 4.78 is 14.2. The summed E-state index contributed by atoms with van der Waals surface area (Å²) in [6.45, 7) is 1.96. The van der Waals surface area contributed by atoms with Crippen LogP contribution in [-0.2, 0) is 4.79 Å². The smallest absolute Gasteiger partial charge is 0.226 e. The van der Waals surface area contributed by atoms with Crippen molar-refractivity contribution in [2.75, 3.05) is 19.0 Å². The first-order valence-electron chi connectivity index (χ1n) is 9.90. The fourth-order valence-electron chi connectivity index (χ4n) is 3.83. The molecule has 0 bridgehead atoms. The van der Waals surface area contributed by atoms with E-state index in [0.717, 1.165) is 11.1 Å². The SMILES string of the molecule is C#CCOc1ccc([C@@H]2CC(=O)Nc3c2cnn3-c2ccc3nnc(C)n3n2)cc1OC. The lowest BCUT2D eigenvalue weighted by Gasteiger charge is -2.24. The summed E-state index contributed by atoms with van der Waals surface area (Å²) in [5.74, 6) is 4.99. The summed E-state index contributed by atoms with van der Waals surface area (Å²) in [5, 5.41) is 20.1. The third-order valence-corrected chi connectivity index (χ3v) is 5.34. The molecule has 1 amide bonds. The van der Waals surface area contributed by atoms with E-state index >= 15 is 0 Å². The lowest BCUT2D eigenvalue weighted by atomic mass is 9.87. The van der Waals surface area contributed by atoms with Gasteiger partial charge in [0.2, 0.25) is 5.91 Å². The molecule has 0 aliphatic carbocycles. The lowest BCUT2D eigenvalue weighted by Crippen LogP contribution is -2.25. The molecule has 0 saturated carbocycles. The third-order valence-electron chi connectivity index (χ3n) is 5.34. The van der Waals surface area contributed by atoms with Gasteiger partial charge < -0.3 is 14.8 Å². The minimum absolute atomic E-state index is 0.113. The Morgan fingerprint density at radius 3 is 2.94 bits per heavy atom. The van der Waals surface area contributed by atoms with E-state index in [1.807, 2.05) is 19.1 Å². The molecule has 1 N–H and O–H groups in total. The van der Waals surface area contributed by atoms with Crippen molar-refractivity contribution in [1.82, 2.24) is 29.6 Å². The number of carbonyl (C=O) groups excluding carboxylic acids is 1. The second kappa shape index (κ2) is 7.70. The Bertz CT molecular complexity index is 1380. The monoisotopic (exact) mass is 429 g/mol. The molecule has 0 fully saturated rings. The summed E-state index contributed by atoms with van der Waals surface area (Å²) in [4.78, 5) is 12.6. The lowest BCUT2D eigenvalue weighted by molar-refractivity contribution is -0.116. The number of rotatable bonds is 5. The van der Waals surface area contributed by atoms with Crippen molar-refractivity contribution in [2.45, 2.75) is 19.3 Å². The number of nitrogens with zero attached hydrogens (tertiary/aromatic N) is 6. The Morgan fingerprint density at radius 1 is 1.25 bits per heavy atom. The molecule has 0 spiro atoms. The first kappa shape index (κ1) is 19.6. The summed E-state index contributed by atoms with van der Waals surface area (Å²) in [5.41, 5.74) is 2.42. The third kappa shape index (κ3) is 3.20. The predicted molar refractivity (Wildman–Crippen MR) is 115 cm³/mol. The minimum atomic E-state index is -0.205. The highest BCUT2D eigenvalue weighted by Crippen LogP contribution is 2.40. The molecule has 160 valence electrons. The Morgan fingerprint density at radius 2 is 2.12 bits per heavy atom. The van der Waals surface area contributed by atoms with Crippen LogP contribution in [0.4, 0.5) is 5.82 Å². The van der Waals surface area contributed by atoms with Crippen molar-refractivity contribution in [2.24, 2.45) is 0 Å². The quantitative estimate of drug-likeness (QED) is 0.484. The highest BCUT2D eigenvalue weighted by molar-refractivity contribution is 5.94. The van der Waals surface area contributed by atoms with Gasteiger partial charge in [-0.25, -0.2) is 0 Å². The maximum Gasteiger partial charge on any atom is 0.226 e. The average Bonchev–Trinajstić information content (AvgIpc) is 3.40. The van der Waals surface area contributed by atoms with Gasteiger partial charge in [0.1, 0.15) is 12.4 Å². The topological polar surface area (TPSA) is 108 Å². The highest BCUT2D eigenvalue weighted by Gasteiger charge is 2.31. The Hall–Kier alpha value is -4.39. The van der Waals surface area contributed by atoms with E-state index in [1.54, 1.807) is 40.7 Å². The Balaban J connectivity index is 1.56. The van der Waals surface area contributed by atoms with Crippen LogP contribution < -0.4 is 14.8 Å². The average molecular weight is 429 g/mol. The second-order valence-corrected chi connectivity index (χ2v) is 7.28. The molecule has 5 rings (SSSR count). The Labute approximate surface area is 183 Å². The highest BCUT2D eigenvalue weighted by atomic mass is 16.5. The van der Waals surface area contributed by atoms with Gasteiger partial charge in [-0.2, -0.15) is 14.3 Å². The van der Waals surface area contributed by atoms with Crippen LogP contribution in [0.25, 0.3) is 11.5 Å². The van der Waals surface area contributed by atoms with Gasteiger partial charge in [-0.15, -0.1) is 21.7 Å². The maximum absolute atomic E-state index is 12.6. The van der Waals surface area contributed by atoms with Gasteiger partial charge >= 0.3 is 0 Å². The summed E-state index contributed by atoms with van der Waals surface area (Å²) in [7, 11) is 1.56. The van der Waals surface area contributed by atoms with E-state index in [-0.39, 0.29) is 24.9 Å². The number of amides is 1. The van der Waals surface area contributed by atoms with Crippen molar-refractivity contribution in [1.29, 1.82) is 0 Å². The number of hydrogen-bond acceptors (Lipinski definition) is 7.